The smallest absolute Gasteiger partial charge is 0.244 e. The zero-order valence-corrected chi connectivity index (χ0v) is 13.4. The quantitative estimate of drug-likeness (QED) is 0.782. The van der Waals surface area contributed by atoms with Gasteiger partial charge in [-0.2, -0.15) is 4.31 Å². The third kappa shape index (κ3) is 3.31. The standard InChI is InChI=1S/C12H18ClNO3S2/c1-9-12(6-11(7-13)18-9)19(15,16)14(2)8-10-4-3-5-17-10/h6,10H,3-5,7-8H2,1-2H3. The molecule has 0 bridgehead atoms. The van der Waals surface area contributed by atoms with Crippen molar-refractivity contribution in [3.63, 3.8) is 0 Å². The fourth-order valence-electron chi connectivity index (χ4n) is 2.19. The minimum absolute atomic E-state index is 0.0196. The summed E-state index contributed by atoms with van der Waals surface area (Å²) in [5.74, 6) is 0.344. The summed E-state index contributed by atoms with van der Waals surface area (Å²) in [6, 6.07) is 1.67. The number of halogens is 1. The highest BCUT2D eigenvalue weighted by Gasteiger charge is 2.28. The number of thiophene rings is 1. The predicted molar refractivity (Wildman–Crippen MR) is 77.4 cm³/mol. The van der Waals surface area contributed by atoms with Gasteiger partial charge in [0.1, 0.15) is 0 Å². The Labute approximate surface area is 123 Å². The number of nitrogens with zero attached hydrogens (tertiary/aromatic N) is 1. The van der Waals surface area contributed by atoms with Gasteiger partial charge in [-0.05, 0) is 25.8 Å². The van der Waals surface area contributed by atoms with E-state index < -0.39 is 10.0 Å². The van der Waals surface area contributed by atoms with E-state index in [0.29, 0.717) is 17.3 Å². The van der Waals surface area contributed by atoms with Crippen LogP contribution in [-0.4, -0.2) is 39.0 Å². The number of sulfonamides is 1. The second kappa shape index (κ2) is 6.10. The molecule has 1 aliphatic heterocycles. The molecule has 108 valence electrons. The van der Waals surface area contributed by atoms with Crippen LogP contribution < -0.4 is 0 Å². The topological polar surface area (TPSA) is 46.6 Å². The molecule has 1 unspecified atom stereocenters. The summed E-state index contributed by atoms with van der Waals surface area (Å²) in [5.41, 5.74) is 0. The van der Waals surface area contributed by atoms with Gasteiger partial charge in [-0.15, -0.1) is 22.9 Å². The van der Waals surface area contributed by atoms with Crippen molar-refractivity contribution in [3.8, 4) is 0 Å². The molecule has 1 atom stereocenters. The number of ether oxygens (including phenoxy) is 1. The molecule has 1 aliphatic rings. The Morgan fingerprint density at radius 2 is 2.32 bits per heavy atom. The third-order valence-electron chi connectivity index (χ3n) is 3.23. The van der Waals surface area contributed by atoms with E-state index in [1.807, 2.05) is 6.92 Å². The van der Waals surface area contributed by atoms with Crippen molar-refractivity contribution in [2.75, 3.05) is 20.2 Å². The maximum Gasteiger partial charge on any atom is 0.244 e. The molecule has 2 heterocycles. The van der Waals surface area contributed by atoms with Crippen molar-refractivity contribution in [3.05, 3.63) is 15.8 Å². The number of aryl methyl sites for hydroxylation is 1. The largest absolute Gasteiger partial charge is 0.377 e. The van der Waals surface area contributed by atoms with Crippen LogP contribution in [0.15, 0.2) is 11.0 Å². The first-order valence-electron chi connectivity index (χ1n) is 6.18. The first kappa shape index (κ1) is 15.3. The fourth-order valence-corrected chi connectivity index (χ4v) is 5.08. The molecule has 1 aromatic heterocycles. The Kier molecular flexibility index (Phi) is 4.89. The summed E-state index contributed by atoms with van der Waals surface area (Å²) in [6.07, 6.45) is 1.95. The van der Waals surface area contributed by atoms with Crippen LogP contribution in [0.1, 0.15) is 22.6 Å². The number of hydrogen-bond donors (Lipinski definition) is 0. The van der Waals surface area contributed by atoms with E-state index in [2.05, 4.69) is 0 Å². The average Bonchev–Trinajstić information content (AvgIpc) is 2.98. The van der Waals surface area contributed by atoms with Gasteiger partial charge >= 0.3 is 0 Å². The van der Waals surface area contributed by atoms with Crippen molar-refractivity contribution >= 4 is 33.0 Å². The number of alkyl halides is 1. The van der Waals surface area contributed by atoms with Gasteiger partial charge < -0.3 is 4.74 Å². The second-order valence-corrected chi connectivity index (χ2v) is 8.31. The van der Waals surface area contributed by atoms with Gasteiger partial charge in [0.05, 0.1) is 16.9 Å². The molecule has 4 nitrogen and oxygen atoms in total. The van der Waals surface area contributed by atoms with Crippen LogP contribution in [0.4, 0.5) is 0 Å². The summed E-state index contributed by atoms with van der Waals surface area (Å²) >= 11 is 7.19. The van der Waals surface area contributed by atoms with E-state index in [0.717, 1.165) is 29.2 Å². The zero-order chi connectivity index (χ0) is 14.0. The third-order valence-corrected chi connectivity index (χ3v) is 6.80. The van der Waals surface area contributed by atoms with Gasteiger partial charge in [-0.1, -0.05) is 0 Å². The monoisotopic (exact) mass is 323 g/mol. The molecule has 0 aliphatic carbocycles. The molecule has 0 radical (unpaired) electrons. The number of hydrogen-bond acceptors (Lipinski definition) is 4. The lowest BCUT2D eigenvalue weighted by atomic mass is 10.2. The van der Waals surface area contributed by atoms with Crippen molar-refractivity contribution in [2.24, 2.45) is 0 Å². The van der Waals surface area contributed by atoms with E-state index in [9.17, 15) is 8.42 Å². The van der Waals surface area contributed by atoms with Gasteiger partial charge in [0, 0.05) is 30.0 Å². The summed E-state index contributed by atoms with van der Waals surface area (Å²) in [5, 5.41) is 0. The Bertz CT molecular complexity index is 535. The fraction of sp³-hybridized carbons (Fsp3) is 0.667. The molecular formula is C12H18ClNO3S2. The average molecular weight is 324 g/mol. The minimum atomic E-state index is -3.44. The van der Waals surface area contributed by atoms with Gasteiger partial charge in [-0.25, -0.2) is 8.42 Å². The van der Waals surface area contributed by atoms with Crippen LogP contribution in [0.2, 0.25) is 0 Å². The van der Waals surface area contributed by atoms with Crippen LogP contribution in [-0.2, 0) is 20.6 Å². The van der Waals surface area contributed by atoms with Gasteiger partial charge in [0.15, 0.2) is 0 Å². The highest BCUT2D eigenvalue weighted by molar-refractivity contribution is 7.89. The molecule has 0 amide bonds. The number of likely N-dealkylation sites (N-methyl/N-ethyl adjacent to an activating group) is 1. The maximum atomic E-state index is 12.5. The molecule has 0 N–H and O–H groups in total. The number of rotatable bonds is 5. The lowest BCUT2D eigenvalue weighted by molar-refractivity contribution is 0.0979. The SMILES string of the molecule is Cc1sc(CCl)cc1S(=O)(=O)N(C)CC1CCCO1. The van der Waals surface area contributed by atoms with Crippen LogP contribution in [0, 0.1) is 6.92 Å². The normalized spacial score (nSPS) is 20.3. The molecule has 1 saturated heterocycles. The Hall–Kier alpha value is -0.140. The predicted octanol–water partition coefficient (Wildman–Crippen LogP) is 2.59. The van der Waals surface area contributed by atoms with Gasteiger partial charge in [-0.3, -0.25) is 0 Å². The minimum Gasteiger partial charge on any atom is -0.377 e. The van der Waals surface area contributed by atoms with E-state index in [1.165, 1.54) is 15.6 Å². The Morgan fingerprint density at radius 1 is 1.58 bits per heavy atom. The molecule has 0 aromatic carbocycles. The molecule has 7 heteroatoms. The molecule has 0 spiro atoms. The molecule has 2 rings (SSSR count). The van der Waals surface area contributed by atoms with Crippen LogP contribution >= 0.6 is 22.9 Å². The lowest BCUT2D eigenvalue weighted by Crippen LogP contribution is -2.34. The van der Waals surface area contributed by atoms with Crippen LogP contribution in [0.5, 0.6) is 0 Å². The molecule has 0 saturated carbocycles. The van der Waals surface area contributed by atoms with Gasteiger partial charge in [0.25, 0.3) is 0 Å². The summed E-state index contributed by atoms with van der Waals surface area (Å²) in [4.78, 5) is 2.03. The van der Waals surface area contributed by atoms with Crippen molar-refractivity contribution in [2.45, 2.75) is 36.6 Å². The first-order valence-corrected chi connectivity index (χ1v) is 8.97. The van der Waals surface area contributed by atoms with Crippen molar-refractivity contribution < 1.29 is 13.2 Å². The first-order chi connectivity index (χ1) is 8.95. The second-order valence-electron chi connectivity index (χ2n) is 4.69. The summed E-state index contributed by atoms with van der Waals surface area (Å²) < 4.78 is 31.9. The highest BCUT2D eigenvalue weighted by atomic mass is 35.5. The Balaban J connectivity index is 2.17. The van der Waals surface area contributed by atoms with E-state index in [-0.39, 0.29) is 6.10 Å². The zero-order valence-electron chi connectivity index (χ0n) is 11.1. The van der Waals surface area contributed by atoms with Gasteiger partial charge in [0.2, 0.25) is 10.0 Å². The van der Waals surface area contributed by atoms with E-state index >= 15 is 0 Å². The molecule has 1 aromatic rings. The lowest BCUT2D eigenvalue weighted by Gasteiger charge is -2.20. The molecule has 19 heavy (non-hydrogen) atoms. The van der Waals surface area contributed by atoms with E-state index in [1.54, 1.807) is 13.1 Å². The van der Waals surface area contributed by atoms with E-state index in [4.69, 9.17) is 16.3 Å². The summed E-state index contributed by atoms with van der Waals surface area (Å²) in [7, 11) is -1.84. The Morgan fingerprint density at radius 3 is 2.84 bits per heavy atom. The maximum absolute atomic E-state index is 12.5. The summed E-state index contributed by atoms with van der Waals surface area (Å²) in [6.45, 7) is 2.95. The van der Waals surface area contributed by atoms with Crippen molar-refractivity contribution in [1.29, 1.82) is 0 Å². The molecular weight excluding hydrogens is 306 g/mol. The highest BCUT2D eigenvalue weighted by Crippen LogP contribution is 2.29. The molecule has 1 fully saturated rings. The van der Waals surface area contributed by atoms with Crippen molar-refractivity contribution in [1.82, 2.24) is 4.31 Å². The van der Waals surface area contributed by atoms with Crippen LogP contribution in [0.25, 0.3) is 0 Å². The van der Waals surface area contributed by atoms with Crippen LogP contribution in [0.3, 0.4) is 0 Å².